The summed E-state index contributed by atoms with van der Waals surface area (Å²) in [6.45, 7) is 6.42. The summed E-state index contributed by atoms with van der Waals surface area (Å²) in [5.74, 6) is 6.22. The van der Waals surface area contributed by atoms with Crippen LogP contribution in [0.25, 0.3) is 5.65 Å². The predicted molar refractivity (Wildman–Crippen MR) is 150 cm³/mol. The van der Waals surface area contributed by atoms with E-state index in [1.54, 1.807) is 22.8 Å². The van der Waals surface area contributed by atoms with Crippen molar-refractivity contribution in [1.29, 1.82) is 0 Å². The Bertz CT molecular complexity index is 1590. The molecule has 1 N–H and O–H groups in total. The fourth-order valence-corrected chi connectivity index (χ4v) is 5.49. The van der Waals surface area contributed by atoms with Crippen molar-refractivity contribution < 1.29 is 4.79 Å². The molecule has 0 radical (unpaired) electrons. The van der Waals surface area contributed by atoms with Gasteiger partial charge in [0.1, 0.15) is 10.8 Å². The van der Waals surface area contributed by atoms with Crippen molar-refractivity contribution in [3.05, 3.63) is 93.4 Å². The summed E-state index contributed by atoms with van der Waals surface area (Å²) in [5, 5.41) is 7.71. The summed E-state index contributed by atoms with van der Waals surface area (Å²) in [4.78, 5) is 22.5. The van der Waals surface area contributed by atoms with Gasteiger partial charge in [0.05, 0.1) is 6.20 Å². The second-order valence-corrected chi connectivity index (χ2v) is 10.5. The molecular formula is C30H29ClN6O. The van der Waals surface area contributed by atoms with Crippen molar-refractivity contribution in [2.75, 3.05) is 38.5 Å². The Hall–Kier alpha value is -3.70. The van der Waals surface area contributed by atoms with Gasteiger partial charge in [-0.25, -0.2) is 9.50 Å². The SMILES string of the molecule is Cc1ccc(NC(=O)c2ccc3c(c2)CC[C@@H]3N2CCN(C)CC2)cc1C#Cc1cnc2ccc(Cl)nn12. The number of anilines is 1. The topological polar surface area (TPSA) is 65.8 Å². The van der Waals surface area contributed by atoms with E-state index >= 15 is 0 Å². The van der Waals surface area contributed by atoms with Gasteiger partial charge < -0.3 is 10.2 Å². The molecule has 1 fully saturated rings. The summed E-state index contributed by atoms with van der Waals surface area (Å²) in [6, 6.07) is 15.9. The molecule has 6 rings (SSSR count). The molecule has 3 heterocycles. The van der Waals surface area contributed by atoms with Gasteiger partial charge in [0, 0.05) is 49.0 Å². The zero-order valence-corrected chi connectivity index (χ0v) is 22.3. The molecule has 1 atom stereocenters. The van der Waals surface area contributed by atoms with E-state index in [2.05, 4.69) is 56.2 Å². The third-order valence-electron chi connectivity index (χ3n) is 7.58. The van der Waals surface area contributed by atoms with Crippen LogP contribution in [0.1, 0.15) is 50.8 Å². The second-order valence-electron chi connectivity index (χ2n) is 10.1. The van der Waals surface area contributed by atoms with Crippen LogP contribution < -0.4 is 5.32 Å². The molecule has 38 heavy (non-hydrogen) atoms. The number of nitrogens with one attached hydrogen (secondary N) is 1. The molecule has 8 heteroatoms. The second kappa shape index (κ2) is 10.2. The first-order valence-corrected chi connectivity index (χ1v) is 13.3. The molecule has 7 nitrogen and oxygen atoms in total. The van der Waals surface area contributed by atoms with Gasteiger partial charge in [-0.05, 0) is 85.8 Å². The van der Waals surface area contributed by atoms with E-state index in [1.807, 2.05) is 31.2 Å². The number of likely N-dealkylation sites (N-methyl/N-ethyl adjacent to an activating group) is 1. The zero-order valence-electron chi connectivity index (χ0n) is 21.5. The van der Waals surface area contributed by atoms with Crippen molar-refractivity contribution in [2.24, 2.45) is 0 Å². The maximum absolute atomic E-state index is 13.2. The Kier molecular flexibility index (Phi) is 6.62. The van der Waals surface area contributed by atoms with E-state index in [9.17, 15) is 4.79 Å². The van der Waals surface area contributed by atoms with E-state index in [0.29, 0.717) is 33.8 Å². The van der Waals surface area contributed by atoms with Gasteiger partial charge in [0.2, 0.25) is 0 Å². The Morgan fingerprint density at radius 1 is 1.05 bits per heavy atom. The maximum atomic E-state index is 13.2. The van der Waals surface area contributed by atoms with Crippen LogP contribution in [0.3, 0.4) is 0 Å². The van der Waals surface area contributed by atoms with E-state index in [-0.39, 0.29) is 5.91 Å². The van der Waals surface area contributed by atoms with Crippen molar-refractivity contribution >= 4 is 28.8 Å². The quantitative estimate of drug-likeness (QED) is 0.397. The largest absolute Gasteiger partial charge is 0.322 e. The van der Waals surface area contributed by atoms with Gasteiger partial charge in [-0.3, -0.25) is 9.69 Å². The molecule has 1 saturated heterocycles. The van der Waals surface area contributed by atoms with Crippen molar-refractivity contribution in [3.8, 4) is 11.8 Å². The standard InChI is InChI=1S/C30H29ClN6O/c1-20-3-7-24(18-21(20)4-8-25-19-32-29-12-11-28(31)34-37(25)29)33-30(38)23-5-9-26-22(17-23)6-10-27(26)36-15-13-35(2)14-16-36/h3,5,7,9,11-12,17-19,27H,6,10,13-16H2,1-2H3,(H,33,38)/t27-/m0/s1. The van der Waals surface area contributed by atoms with Crippen LogP contribution in [0.5, 0.6) is 0 Å². The van der Waals surface area contributed by atoms with E-state index < -0.39 is 0 Å². The third-order valence-corrected chi connectivity index (χ3v) is 7.78. The van der Waals surface area contributed by atoms with Crippen LogP contribution in [0.15, 0.2) is 54.7 Å². The molecule has 4 aromatic rings. The molecule has 2 aliphatic rings. The van der Waals surface area contributed by atoms with Crippen LogP contribution in [0.2, 0.25) is 5.15 Å². The number of halogens is 1. The zero-order chi connectivity index (χ0) is 26.2. The molecule has 2 aromatic heterocycles. The number of nitrogens with zero attached hydrogens (tertiary/aromatic N) is 5. The van der Waals surface area contributed by atoms with Crippen molar-refractivity contribution in [2.45, 2.75) is 25.8 Å². The Morgan fingerprint density at radius 3 is 2.74 bits per heavy atom. The number of aromatic nitrogens is 3. The highest BCUT2D eigenvalue weighted by atomic mass is 35.5. The first-order chi connectivity index (χ1) is 18.4. The lowest BCUT2D eigenvalue weighted by Gasteiger charge is -2.36. The van der Waals surface area contributed by atoms with E-state index in [1.165, 1.54) is 11.1 Å². The molecule has 0 unspecified atom stereocenters. The molecule has 0 bridgehead atoms. The number of imidazole rings is 1. The molecule has 1 aliphatic carbocycles. The number of hydrogen-bond acceptors (Lipinski definition) is 5. The monoisotopic (exact) mass is 524 g/mol. The minimum atomic E-state index is -0.112. The molecule has 0 spiro atoms. The summed E-state index contributed by atoms with van der Waals surface area (Å²) < 4.78 is 1.62. The lowest BCUT2D eigenvalue weighted by atomic mass is 10.0. The van der Waals surface area contributed by atoms with Gasteiger partial charge in [-0.15, -0.1) is 0 Å². The van der Waals surface area contributed by atoms with E-state index in [4.69, 9.17) is 11.6 Å². The molecule has 192 valence electrons. The smallest absolute Gasteiger partial charge is 0.255 e. The van der Waals surface area contributed by atoms with Crippen LogP contribution in [-0.4, -0.2) is 63.5 Å². The van der Waals surface area contributed by atoms with Gasteiger partial charge in [0.15, 0.2) is 5.65 Å². The van der Waals surface area contributed by atoms with Crippen LogP contribution in [0, 0.1) is 18.8 Å². The first kappa shape index (κ1) is 24.6. The minimum Gasteiger partial charge on any atom is -0.322 e. The maximum Gasteiger partial charge on any atom is 0.255 e. The Labute approximate surface area is 227 Å². The Balaban J connectivity index is 1.18. The van der Waals surface area contributed by atoms with E-state index in [0.717, 1.165) is 50.1 Å². The number of hydrogen-bond donors (Lipinski definition) is 1. The number of fused-ring (bicyclic) bond motifs is 2. The Morgan fingerprint density at radius 2 is 1.89 bits per heavy atom. The number of rotatable bonds is 3. The molecule has 2 aromatic carbocycles. The normalized spacial score (nSPS) is 17.7. The third kappa shape index (κ3) is 4.91. The predicted octanol–water partition coefficient (Wildman–Crippen LogP) is 4.58. The fraction of sp³-hybridized carbons (Fsp3) is 0.300. The lowest BCUT2D eigenvalue weighted by Crippen LogP contribution is -2.45. The number of piperazine rings is 1. The average molecular weight is 525 g/mol. The van der Waals surface area contributed by atoms with Gasteiger partial charge >= 0.3 is 0 Å². The van der Waals surface area contributed by atoms with Crippen LogP contribution in [0.4, 0.5) is 5.69 Å². The van der Waals surface area contributed by atoms with Crippen LogP contribution in [-0.2, 0) is 6.42 Å². The number of carbonyl (C=O) groups excluding carboxylic acids is 1. The van der Waals surface area contributed by atoms with Gasteiger partial charge in [-0.1, -0.05) is 29.7 Å². The number of aryl methyl sites for hydroxylation is 2. The summed E-state index contributed by atoms with van der Waals surface area (Å²) >= 11 is 6.04. The number of carbonyl (C=O) groups is 1. The average Bonchev–Trinajstić information content (AvgIpc) is 3.53. The number of benzene rings is 2. The van der Waals surface area contributed by atoms with Crippen molar-refractivity contribution in [3.63, 3.8) is 0 Å². The van der Waals surface area contributed by atoms with Crippen molar-refractivity contribution in [1.82, 2.24) is 24.4 Å². The first-order valence-electron chi connectivity index (χ1n) is 12.9. The highest BCUT2D eigenvalue weighted by Crippen LogP contribution is 2.36. The molecule has 1 amide bonds. The summed E-state index contributed by atoms with van der Waals surface area (Å²) in [6.07, 6.45) is 3.81. The molecule has 1 aliphatic heterocycles. The van der Waals surface area contributed by atoms with Gasteiger partial charge in [0.25, 0.3) is 5.91 Å². The minimum absolute atomic E-state index is 0.112. The molecular weight excluding hydrogens is 496 g/mol. The number of amides is 1. The van der Waals surface area contributed by atoms with Crippen LogP contribution >= 0.6 is 11.6 Å². The van der Waals surface area contributed by atoms with Gasteiger partial charge in [-0.2, -0.15) is 5.10 Å². The summed E-state index contributed by atoms with van der Waals surface area (Å²) in [7, 11) is 2.18. The summed E-state index contributed by atoms with van der Waals surface area (Å²) in [5.41, 5.74) is 7.22. The lowest BCUT2D eigenvalue weighted by molar-refractivity contribution is 0.102. The highest BCUT2D eigenvalue weighted by Gasteiger charge is 2.30. The molecule has 0 saturated carbocycles. The highest BCUT2D eigenvalue weighted by molar-refractivity contribution is 6.29. The fourth-order valence-electron chi connectivity index (χ4n) is 5.35.